The molecule has 0 bridgehead atoms. The molecule has 1 unspecified atom stereocenters. The molecule has 0 spiro atoms. The van der Waals surface area contributed by atoms with Gasteiger partial charge in [0.1, 0.15) is 5.02 Å². The van der Waals surface area contributed by atoms with E-state index in [1.54, 1.807) is 0 Å². The summed E-state index contributed by atoms with van der Waals surface area (Å²) in [6.07, 6.45) is 3.23. The largest absolute Gasteiger partial charge is 0.326 e. The Morgan fingerprint density at radius 1 is 1.55 bits per heavy atom. The minimum Gasteiger partial charge on any atom is -0.326 e. The van der Waals surface area contributed by atoms with E-state index in [1.165, 1.54) is 0 Å². The Hall–Kier alpha value is -0.890. The number of nitrogens with zero attached hydrogens (tertiary/aromatic N) is 1. The van der Waals surface area contributed by atoms with Crippen LogP contribution >= 0.6 is 11.6 Å². The number of hydrogen-bond acceptors (Lipinski definition) is 4. The van der Waals surface area contributed by atoms with E-state index in [0.29, 0.717) is 6.54 Å². The lowest BCUT2D eigenvalue weighted by atomic mass is 10.2. The number of H-pyrrole nitrogens is 1. The molecule has 2 rings (SSSR count). The van der Waals surface area contributed by atoms with Crippen molar-refractivity contribution in [2.24, 2.45) is 0 Å². The van der Waals surface area contributed by atoms with Crippen molar-refractivity contribution in [2.75, 3.05) is 19.6 Å². The zero-order valence-electron chi connectivity index (χ0n) is 11.2. The van der Waals surface area contributed by atoms with Gasteiger partial charge in [-0.05, 0) is 32.0 Å². The van der Waals surface area contributed by atoms with Crippen LogP contribution in [0.25, 0.3) is 0 Å². The molecule has 20 heavy (non-hydrogen) atoms. The van der Waals surface area contributed by atoms with Gasteiger partial charge in [-0.2, -0.15) is 0 Å². The second kappa shape index (κ2) is 6.26. The molecular weight excluding hydrogens is 302 g/mol. The first-order valence-electron chi connectivity index (χ1n) is 6.56. The number of hydrogen-bond donors (Lipinski definition) is 2. The molecule has 2 heterocycles. The van der Waals surface area contributed by atoms with Crippen molar-refractivity contribution in [1.29, 1.82) is 0 Å². The lowest BCUT2D eigenvalue weighted by molar-refractivity contribution is 0.268. The number of pyridine rings is 1. The van der Waals surface area contributed by atoms with Crippen LogP contribution in [-0.2, 0) is 10.0 Å². The summed E-state index contributed by atoms with van der Waals surface area (Å²) in [4.78, 5) is 15.7. The second-order valence-corrected chi connectivity index (χ2v) is 6.96. The van der Waals surface area contributed by atoms with E-state index in [1.807, 2.05) is 0 Å². The molecule has 2 N–H and O–H groups in total. The minimum atomic E-state index is -3.65. The van der Waals surface area contributed by atoms with Crippen molar-refractivity contribution in [3.63, 3.8) is 0 Å². The summed E-state index contributed by atoms with van der Waals surface area (Å²) in [5, 5.41) is -0.135. The third-order valence-electron chi connectivity index (χ3n) is 3.56. The van der Waals surface area contributed by atoms with E-state index in [2.05, 4.69) is 21.5 Å². The molecule has 0 radical (unpaired) electrons. The van der Waals surface area contributed by atoms with E-state index in [9.17, 15) is 13.2 Å². The first kappa shape index (κ1) is 15.5. The van der Waals surface area contributed by atoms with Crippen LogP contribution in [0.5, 0.6) is 0 Å². The van der Waals surface area contributed by atoms with Crippen LogP contribution in [0.15, 0.2) is 22.0 Å². The Bertz CT molecular complexity index is 629. The van der Waals surface area contributed by atoms with E-state index in [4.69, 9.17) is 11.6 Å². The van der Waals surface area contributed by atoms with Crippen LogP contribution in [0.4, 0.5) is 0 Å². The minimum absolute atomic E-state index is 0.0249. The summed E-state index contributed by atoms with van der Waals surface area (Å²) < 4.78 is 26.9. The van der Waals surface area contributed by atoms with Gasteiger partial charge in [-0.15, -0.1) is 0 Å². The lowest BCUT2D eigenvalue weighted by Gasteiger charge is -2.22. The highest BCUT2D eigenvalue weighted by molar-refractivity contribution is 7.89. The number of likely N-dealkylation sites (tertiary alicyclic amines) is 1. The van der Waals surface area contributed by atoms with Crippen LogP contribution in [0.1, 0.15) is 19.8 Å². The average molecular weight is 320 g/mol. The highest BCUT2D eigenvalue weighted by atomic mass is 35.5. The maximum atomic E-state index is 12.1. The molecule has 1 aromatic rings. The van der Waals surface area contributed by atoms with Gasteiger partial charge in [0.15, 0.2) is 0 Å². The molecule has 8 heteroatoms. The molecule has 0 aromatic carbocycles. The summed E-state index contributed by atoms with van der Waals surface area (Å²) in [6.45, 7) is 4.35. The molecule has 1 aliphatic rings. The molecule has 112 valence electrons. The smallest absolute Gasteiger partial charge is 0.266 e. The van der Waals surface area contributed by atoms with Gasteiger partial charge in [0.25, 0.3) is 5.56 Å². The van der Waals surface area contributed by atoms with Crippen LogP contribution in [0, 0.1) is 0 Å². The number of rotatable bonds is 5. The molecule has 1 aliphatic heterocycles. The average Bonchev–Trinajstić information content (AvgIpc) is 2.87. The molecule has 0 aliphatic carbocycles. The highest BCUT2D eigenvalue weighted by Crippen LogP contribution is 2.17. The first-order chi connectivity index (χ1) is 9.44. The number of halogens is 1. The fraction of sp³-hybridized carbons (Fsp3) is 0.583. The molecule has 0 amide bonds. The number of likely N-dealkylation sites (N-methyl/N-ethyl adjacent to an activating group) is 1. The Morgan fingerprint density at radius 3 is 2.95 bits per heavy atom. The topological polar surface area (TPSA) is 82.3 Å². The van der Waals surface area contributed by atoms with Gasteiger partial charge in [-0.25, -0.2) is 13.1 Å². The molecular formula is C12H18ClN3O3S. The van der Waals surface area contributed by atoms with Crippen molar-refractivity contribution in [1.82, 2.24) is 14.6 Å². The number of aromatic nitrogens is 1. The first-order valence-corrected chi connectivity index (χ1v) is 8.42. The maximum absolute atomic E-state index is 12.1. The predicted molar refractivity (Wildman–Crippen MR) is 77.5 cm³/mol. The molecule has 0 saturated carbocycles. The van der Waals surface area contributed by atoms with E-state index in [-0.39, 0.29) is 16.0 Å². The quantitative estimate of drug-likeness (QED) is 0.840. The lowest BCUT2D eigenvalue weighted by Crippen LogP contribution is -2.40. The Morgan fingerprint density at radius 2 is 2.30 bits per heavy atom. The SMILES string of the molecule is CCN1CCCC1CNS(=O)(=O)c1c[nH]c(=O)c(Cl)c1. The summed E-state index contributed by atoms with van der Waals surface area (Å²) in [6, 6.07) is 1.39. The molecule has 1 aromatic heterocycles. The van der Waals surface area contributed by atoms with Crippen LogP contribution in [0.2, 0.25) is 5.02 Å². The van der Waals surface area contributed by atoms with Crippen molar-refractivity contribution in [2.45, 2.75) is 30.7 Å². The number of sulfonamides is 1. The maximum Gasteiger partial charge on any atom is 0.266 e. The van der Waals surface area contributed by atoms with Gasteiger partial charge in [-0.1, -0.05) is 18.5 Å². The third-order valence-corrected chi connectivity index (χ3v) is 5.24. The summed E-state index contributed by atoms with van der Waals surface area (Å²) in [5.74, 6) is 0. The Labute approximate surface area is 123 Å². The monoisotopic (exact) mass is 319 g/mol. The fourth-order valence-corrected chi connectivity index (χ4v) is 3.73. The van der Waals surface area contributed by atoms with E-state index < -0.39 is 15.6 Å². The number of nitrogens with one attached hydrogen (secondary N) is 2. The zero-order valence-corrected chi connectivity index (χ0v) is 12.8. The Kier molecular flexibility index (Phi) is 4.85. The van der Waals surface area contributed by atoms with Crippen molar-refractivity contribution >= 4 is 21.6 Å². The van der Waals surface area contributed by atoms with Gasteiger partial charge in [-0.3, -0.25) is 9.69 Å². The second-order valence-electron chi connectivity index (χ2n) is 4.79. The molecule has 6 nitrogen and oxygen atoms in total. The molecule has 1 fully saturated rings. The van der Waals surface area contributed by atoms with Crippen molar-refractivity contribution in [3.05, 3.63) is 27.6 Å². The van der Waals surface area contributed by atoms with Crippen molar-refractivity contribution < 1.29 is 8.42 Å². The van der Waals surface area contributed by atoms with Crippen LogP contribution < -0.4 is 10.3 Å². The van der Waals surface area contributed by atoms with Crippen LogP contribution in [-0.4, -0.2) is 44.0 Å². The van der Waals surface area contributed by atoms with Crippen LogP contribution in [0.3, 0.4) is 0 Å². The third kappa shape index (κ3) is 3.41. The number of aromatic amines is 1. The summed E-state index contributed by atoms with van der Waals surface area (Å²) >= 11 is 5.65. The predicted octanol–water partition coefficient (Wildman–Crippen LogP) is 0.791. The standard InChI is InChI=1S/C12H18ClN3O3S/c1-2-16-5-3-4-9(16)7-15-20(18,19)10-6-11(13)12(17)14-8-10/h6,8-9,15H,2-5,7H2,1H3,(H,14,17). The van der Waals surface area contributed by atoms with Gasteiger partial charge < -0.3 is 4.98 Å². The Balaban J connectivity index is 2.07. The molecule has 1 saturated heterocycles. The highest BCUT2D eigenvalue weighted by Gasteiger charge is 2.25. The normalized spacial score (nSPS) is 20.4. The van der Waals surface area contributed by atoms with E-state index in [0.717, 1.165) is 38.2 Å². The van der Waals surface area contributed by atoms with Gasteiger partial charge in [0.2, 0.25) is 10.0 Å². The summed E-state index contributed by atoms with van der Waals surface area (Å²) in [7, 11) is -3.65. The molecule has 1 atom stereocenters. The zero-order chi connectivity index (χ0) is 14.8. The fourth-order valence-electron chi connectivity index (χ4n) is 2.42. The van der Waals surface area contributed by atoms with Gasteiger partial charge >= 0.3 is 0 Å². The van der Waals surface area contributed by atoms with Crippen molar-refractivity contribution in [3.8, 4) is 0 Å². The summed E-state index contributed by atoms with van der Waals surface area (Å²) in [5.41, 5.74) is -0.501. The van der Waals surface area contributed by atoms with E-state index >= 15 is 0 Å². The van der Waals surface area contributed by atoms with Gasteiger partial charge in [0, 0.05) is 18.8 Å². The van der Waals surface area contributed by atoms with Gasteiger partial charge in [0.05, 0.1) is 4.90 Å².